The number of piperidine rings is 1. The molecule has 3 unspecified atom stereocenters. The third-order valence-electron chi connectivity index (χ3n) is 7.09. The Morgan fingerprint density at radius 2 is 2.07 bits per heavy atom. The lowest BCUT2D eigenvalue weighted by atomic mass is 9.72. The maximum Gasteiger partial charge on any atom is 0.310 e. The zero-order valence-electron chi connectivity index (χ0n) is 18.5. The number of carbonyl (C=O) groups is 1. The second kappa shape index (κ2) is 9.52. The molecular weight excluding hydrogens is 376 g/mol. The van der Waals surface area contributed by atoms with Crippen LogP contribution in [0.4, 0.5) is 0 Å². The van der Waals surface area contributed by atoms with E-state index in [4.69, 9.17) is 9.84 Å². The molecule has 1 aromatic heterocycles. The number of hydrogen-bond donors (Lipinski definition) is 1. The minimum Gasteiger partial charge on any atom is -0.463 e. The molecule has 164 valence electrons. The lowest BCUT2D eigenvalue weighted by molar-refractivity contribution is -0.152. The molecule has 1 aromatic carbocycles. The van der Waals surface area contributed by atoms with Crippen molar-refractivity contribution < 1.29 is 14.6 Å². The molecule has 4 rings (SSSR count). The van der Waals surface area contributed by atoms with Crippen LogP contribution in [0.2, 0.25) is 0 Å². The number of hydrogen-bond acceptors (Lipinski definition) is 4. The normalized spacial score (nSPS) is 23.5. The second-order valence-corrected chi connectivity index (χ2v) is 9.14. The summed E-state index contributed by atoms with van der Waals surface area (Å²) in [5.41, 5.74) is 4.21. The Hall–Kier alpha value is -1.85. The Morgan fingerprint density at radius 1 is 1.23 bits per heavy atom. The average molecular weight is 413 g/mol. The highest BCUT2D eigenvalue weighted by molar-refractivity contribution is 5.89. The van der Waals surface area contributed by atoms with E-state index in [0.29, 0.717) is 12.0 Å². The van der Waals surface area contributed by atoms with Gasteiger partial charge in [0.05, 0.1) is 12.5 Å². The molecule has 1 fully saturated rings. The molecule has 0 amide bonds. The van der Waals surface area contributed by atoms with Gasteiger partial charge < -0.3 is 19.3 Å². The summed E-state index contributed by atoms with van der Waals surface area (Å²) in [5, 5.41) is 10.4. The van der Waals surface area contributed by atoms with Gasteiger partial charge >= 0.3 is 5.97 Å². The van der Waals surface area contributed by atoms with Gasteiger partial charge in [0, 0.05) is 42.1 Å². The molecule has 0 bridgehead atoms. The number of esters is 1. The van der Waals surface area contributed by atoms with Crippen molar-refractivity contribution in [2.75, 3.05) is 26.8 Å². The molecule has 2 aliphatic rings. The molecule has 30 heavy (non-hydrogen) atoms. The average Bonchev–Trinajstić information content (AvgIpc) is 3.11. The number of unbranched alkanes of at least 4 members (excludes halogenated alkanes) is 4. The molecule has 0 spiro atoms. The third-order valence-corrected chi connectivity index (χ3v) is 7.09. The van der Waals surface area contributed by atoms with Gasteiger partial charge in [0.25, 0.3) is 0 Å². The van der Waals surface area contributed by atoms with Crippen LogP contribution in [0.25, 0.3) is 10.9 Å². The number of likely N-dealkylation sites (tertiary alicyclic amines) is 1. The maximum absolute atomic E-state index is 12.5. The minimum atomic E-state index is -0.169. The minimum absolute atomic E-state index is 0.0912. The van der Waals surface area contributed by atoms with Gasteiger partial charge in [-0.1, -0.05) is 44.7 Å². The quantitative estimate of drug-likeness (QED) is 0.497. The van der Waals surface area contributed by atoms with Crippen molar-refractivity contribution in [1.82, 2.24) is 9.47 Å². The Bertz CT molecular complexity index is 875. The topological polar surface area (TPSA) is 54.7 Å². The van der Waals surface area contributed by atoms with Crippen LogP contribution in [-0.2, 0) is 22.5 Å². The van der Waals surface area contributed by atoms with Crippen molar-refractivity contribution in [2.45, 2.75) is 70.4 Å². The largest absolute Gasteiger partial charge is 0.463 e. The van der Waals surface area contributed by atoms with Crippen LogP contribution in [0.1, 0.15) is 62.5 Å². The third kappa shape index (κ3) is 4.15. The van der Waals surface area contributed by atoms with E-state index in [-0.39, 0.29) is 25.1 Å². The molecule has 2 heterocycles. The summed E-state index contributed by atoms with van der Waals surface area (Å²) in [6.45, 7) is 4.05. The van der Waals surface area contributed by atoms with Crippen molar-refractivity contribution in [3.8, 4) is 0 Å². The first-order valence-electron chi connectivity index (χ1n) is 11.7. The highest BCUT2D eigenvalue weighted by Gasteiger charge is 2.42. The summed E-state index contributed by atoms with van der Waals surface area (Å²) in [6, 6.07) is 7.15. The molecule has 0 saturated carbocycles. The summed E-state index contributed by atoms with van der Waals surface area (Å²) in [4.78, 5) is 14.8. The number of ether oxygens (including phenoxy) is 1. The van der Waals surface area contributed by atoms with Gasteiger partial charge in [-0.25, -0.2) is 0 Å². The number of benzene rings is 1. The number of aliphatic hydroxyl groups excluding tert-OH is 1. The molecule has 5 nitrogen and oxygen atoms in total. The molecular formula is C25H36N2O3. The van der Waals surface area contributed by atoms with Crippen molar-refractivity contribution in [3.05, 3.63) is 35.5 Å². The zero-order chi connectivity index (χ0) is 21.1. The molecule has 1 aliphatic carbocycles. The standard InChI is InChI=1S/C25H36N2O3/c1-3-4-5-6-7-11-27-17-18-15-23-21(20-9-8-10-22(27)24(18)20)14-19(16-26(23)2)25(29)30-13-12-28/h8-10,17,19,21,23,28H,3-7,11-16H2,1-2H3. The van der Waals surface area contributed by atoms with Crippen molar-refractivity contribution in [1.29, 1.82) is 0 Å². The van der Waals surface area contributed by atoms with E-state index in [9.17, 15) is 4.79 Å². The molecule has 1 aliphatic heterocycles. The number of nitrogens with zero attached hydrogens (tertiary/aromatic N) is 2. The van der Waals surface area contributed by atoms with Crippen LogP contribution in [0, 0.1) is 5.92 Å². The smallest absolute Gasteiger partial charge is 0.310 e. The molecule has 1 saturated heterocycles. The number of fused-ring (bicyclic) bond motifs is 2. The Labute approximate surface area is 180 Å². The molecule has 3 atom stereocenters. The summed E-state index contributed by atoms with van der Waals surface area (Å²) in [7, 11) is 2.14. The molecule has 0 radical (unpaired) electrons. The van der Waals surface area contributed by atoms with E-state index in [2.05, 4.69) is 47.8 Å². The first-order chi connectivity index (χ1) is 14.6. The van der Waals surface area contributed by atoms with Crippen molar-refractivity contribution in [3.63, 3.8) is 0 Å². The summed E-state index contributed by atoms with van der Waals surface area (Å²) in [6.07, 6.45) is 10.8. The highest BCUT2D eigenvalue weighted by atomic mass is 16.5. The molecule has 2 aromatic rings. The lowest BCUT2D eigenvalue weighted by Gasteiger charge is -2.44. The highest BCUT2D eigenvalue weighted by Crippen LogP contribution is 2.45. The number of rotatable bonds is 9. The maximum atomic E-state index is 12.5. The van der Waals surface area contributed by atoms with E-state index in [0.717, 1.165) is 25.9 Å². The lowest BCUT2D eigenvalue weighted by Crippen LogP contribution is -2.49. The number of likely N-dealkylation sites (N-methyl/N-ethyl adjacent to an activating group) is 1. The van der Waals surface area contributed by atoms with Crippen molar-refractivity contribution in [2.24, 2.45) is 5.92 Å². The van der Waals surface area contributed by atoms with Crippen LogP contribution in [0.5, 0.6) is 0 Å². The van der Waals surface area contributed by atoms with Gasteiger partial charge in [-0.3, -0.25) is 4.79 Å². The number of aryl methyl sites for hydroxylation is 1. The Balaban J connectivity index is 1.56. The molecule has 5 heteroatoms. The second-order valence-electron chi connectivity index (χ2n) is 9.14. The van der Waals surface area contributed by atoms with E-state index < -0.39 is 0 Å². The van der Waals surface area contributed by atoms with E-state index >= 15 is 0 Å². The van der Waals surface area contributed by atoms with E-state index in [1.54, 1.807) is 0 Å². The summed E-state index contributed by atoms with van der Waals surface area (Å²) < 4.78 is 7.72. The van der Waals surface area contributed by atoms with Gasteiger partial charge in [0.1, 0.15) is 6.61 Å². The van der Waals surface area contributed by atoms with Gasteiger partial charge in [-0.05, 0) is 43.5 Å². The fraction of sp³-hybridized carbons (Fsp3) is 0.640. The van der Waals surface area contributed by atoms with Crippen LogP contribution in [0.15, 0.2) is 24.4 Å². The SMILES string of the molecule is CCCCCCCn1cc2c3c(cccc31)C1CC(C(=O)OCCO)CN(C)C1C2. The zero-order valence-corrected chi connectivity index (χ0v) is 18.5. The van der Waals surface area contributed by atoms with Crippen LogP contribution >= 0.6 is 0 Å². The van der Waals surface area contributed by atoms with Crippen LogP contribution in [0.3, 0.4) is 0 Å². The number of aromatic nitrogens is 1. The van der Waals surface area contributed by atoms with E-state index in [1.165, 1.54) is 54.1 Å². The van der Waals surface area contributed by atoms with Gasteiger partial charge in [0.2, 0.25) is 0 Å². The summed E-state index contributed by atoms with van der Waals surface area (Å²) >= 11 is 0. The Kier molecular flexibility index (Phi) is 6.79. The summed E-state index contributed by atoms with van der Waals surface area (Å²) in [5.74, 6) is 0.0595. The van der Waals surface area contributed by atoms with Crippen LogP contribution in [-0.4, -0.2) is 53.4 Å². The van der Waals surface area contributed by atoms with Gasteiger partial charge in [-0.2, -0.15) is 0 Å². The monoisotopic (exact) mass is 412 g/mol. The van der Waals surface area contributed by atoms with Gasteiger partial charge in [-0.15, -0.1) is 0 Å². The van der Waals surface area contributed by atoms with E-state index in [1.807, 2.05) is 0 Å². The first kappa shape index (κ1) is 21.4. The van der Waals surface area contributed by atoms with Gasteiger partial charge in [0.15, 0.2) is 0 Å². The number of carbonyl (C=O) groups excluding carboxylic acids is 1. The molecule has 1 N–H and O–H groups in total. The predicted molar refractivity (Wildman–Crippen MR) is 120 cm³/mol. The van der Waals surface area contributed by atoms with Crippen LogP contribution < -0.4 is 0 Å². The Morgan fingerprint density at radius 3 is 2.87 bits per heavy atom. The van der Waals surface area contributed by atoms with Crippen molar-refractivity contribution >= 4 is 16.9 Å². The first-order valence-corrected chi connectivity index (χ1v) is 11.7. The fourth-order valence-corrected chi connectivity index (χ4v) is 5.62. The predicted octanol–water partition coefficient (Wildman–Crippen LogP) is 4.11. The number of aliphatic hydroxyl groups is 1. The fourth-order valence-electron chi connectivity index (χ4n) is 5.62.